The molecule has 2 heterocycles. The highest BCUT2D eigenvalue weighted by molar-refractivity contribution is 7.89. The summed E-state index contributed by atoms with van der Waals surface area (Å²) in [5, 5.41) is 13.0. The third kappa shape index (κ3) is 4.87. The van der Waals surface area contributed by atoms with Crippen molar-refractivity contribution >= 4 is 26.8 Å². The van der Waals surface area contributed by atoms with Crippen LogP contribution >= 0.6 is 0 Å². The van der Waals surface area contributed by atoms with Gasteiger partial charge in [0.15, 0.2) is 0 Å². The molecular weight excluding hydrogens is 414 g/mol. The number of piperazine rings is 1. The number of para-hydroxylation sites is 1. The summed E-state index contributed by atoms with van der Waals surface area (Å²) in [6, 6.07) is 9.27. The minimum absolute atomic E-state index is 0.0264. The first kappa shape index (κ1) is 23.1. The number of amides is 1. The van der Waals surface area contributed by atoms with E-state index in [4.69, 9.17) is 0 Å². The van der Waals surface area contributed by atoms with Crippen molar-refractivity contribution in [1.29, 1.82) is 5.26 Å². The maximum Gasteiger partial charge on any atom is 0.245 e. The number of hydrogen-bond donors (Lipinski definition) is 1. The lowest BCUT2D eigenvalue weighted by Gasteiger charge is -2.34. The Kier molecular flexibility index (Phi) is 6.65. The van der Waals surface area contributed by atoms with Gasteiger partial charge in [0, 0.05) is 37.8 Å². The van der Waals surface area contributed by atoms with Gasteiger partial charge in [-0.15, -0.1) is 0 Å². The fraction of sp³-hybridized carbons (Fsp3) is 0.500. The van der Waals surface area contributed by atoms with E-state index in [2.05, 4.69) is 16.4 Å². The molecule has 0 radical (unpaired) electrons. The first-order valence-corrected chi connectivity index (χ1v) is 11.8. The molecular formula is C22H29N5O3S. The molecule has 1 aliphatic rings. The van der Waals surface area contributed by atoms with E-state index in [1.807, 2.05) is 37.8 Å². The number of pyridine rings is 1. The van der Waals surface area contributed by atoms with Gasteiger partial charge in [0.05, 0.1) is 18.1 Å². The number of aromatic nitrogens is 1. The van der Waals surface area contributed by atoms with Gasteiger partial charge in [-0.3, -0.25) is 14.7 Å². The first-order valence-electron chi connectivity index (χ1n) is 10.4. The molecule has 1 aliphatic heterocycles. The molecule has 1 atom stereocenters. The van der Waals surface area contributed by atoms with Crippen LogP contribution in [0.15, 0.2) is 35.4 Å². The van der Waals surface area contributed by atoms with Crippen molar-refractivity contribution in [2.24, 2.45) is 5.92 Å². The van der Waals surface area contributed by atoms with E-state index in [1.165, 1.54) is 4.31 Å². The predicted octanol–water partition coefficient (Wildman–Crippen LogP) is 1.90. The van der Waals surface area contributed by atoms with Gasteiger partial charge in [0.1, 0.15) is 10.4 Å². The van der Waals surface area contributed by atoms with Crippen LogP contribution in [0, 0.1) is 24.2 Å². The van der Waals surface area contributed by atoms with Crippen LogP contribution < -0.4 is 5.32 Å². The smallest absolute Gasteiger partial charge is 0.245 e. The van der Waals surface area contributed by atoms with Crippen LogP contribution in [-0.4, -0.2) is 66.8 Å². The number of nitrogens with zero attached hydrogens (tertiary/aromatic N) is 4. The Labute approximate surface area is 183 Å². The Morgan fingerprint density at radius 2 is 1.97 bits per heavy atom. The SMILES string of the molecule is Cc1cnc2c(S(=O)(=O)N3CCN(CC(=O)NC(C)(C#N)C(C)C)CC3)cccc2c1. The number of nitriles is 1. The molecule has 31 heavy (non-hydrogen) atoms. The molecule has 1 unspecified atom stereocenters. The molecule has 0 saturated carbocycles. The first-order chi connectivity index (χ1) is 14.6. The molecule has 9 heteroatoms. The quantitative estimate of drug-likeness (QED) is 0.731. The maximum absolute atomic E-state index is 13.3. The van der Waals surface area contributed by atoms with Gasteiger partial charge in [-0.1, -0.05) is 26.0 Å². The van der Waals surface area contributed by atoms with Crippen molar-refractivity contribution in [3.05, 3.63) is 36.0 Å². The Hall–Kier alpha value is -2.54. The number of carbonyl (C=O) groups is 1. The zero-order valence-corrected chi connectivity index (χ0v) is 19.2. The Balaban J connectivity index is 1.67. The third-order valence-corrected chi connectivity index (χ3v) is 7.84. The van der Waals surface area contributed by atoms with E-state index in [9.17, 15) is 18.5 Å². The standard InChI is InChI=1S/C22H29N5O3S/c1-16(2)22(4,15-23)25-20(28)14-26-8-10-27(11-9-26)31(29,30)19-7-5-6-18-12-17(3)13-24-21(18)19/h5-7,12-13,16H,8-11,14H2,1-4H3,(H,25,28). The van der Waals surface area contributed by atoms with Crippen LogP contribution in [0.2, 0.25) is 0 Å². The summed E-state index contributed by atoms with van der Waals surface area (Å²) < 4.78 is 28.0. The van der Waals surface area contributed by atoms with E-state index >= 15 is 0 Å². The normalized spacial score (nSPS) is 17.9. The van der Waals surface area contributed by atoms with Crippen molar-refractivity contribution in [2.75, 3.05) is 32.7 Å². The van der Waals surface area contributed by atoms with E-state index < -0.39 is 15.6 Å². The van der Waals surface area contributed by atoms with E-state index in [-0.39, 0.29) is 36.4 Å². The summed E-state index contributed by atoms with van der Waals surface area (Å²) in [5.74, 6) is -0.260. The fourth-order valence-corrected chi connectivity index (χ4v) is 5.14. The zero-order chi connectivity index (χ0) is 22.8. The molecule has 2 aromatic rings. The van der Waals surface area contributed by atoms with Crippen LogP contribution in [-0.2, 0) is 14.8 Å². The van der Waals surface area contributed by atoms with Crippen molar-refractivity contribution in [3.8, 4) is 6.07 Å². The molecule has 166 valence electrons. The van der Waals surface area contributed by atoms with E-state index in [1.54, 1.807) is 25.3 Å². The molecule has 0 bridgehead atoms. The maximum atomic E-state index is 13.3. The molecule has 1 N–H and O–H groups in total. The number of carbonyl (C=O) groups excluding carboxylic acids is 1. The molecule has 1 fully saturated rings. The average Bonchev–Trinajstić information content (AvgIpc) is 2.73. The summed E-state index contributed by atoms with van der Waals surface area (Å²) in [6.45, 7) is 8.99. The van der Waals surface area contributed by atoms with Crippen molar-refractivity contribution in [3.63, 3.8) is 0 Å². The number of aryl methyl sites for hydroxylation is 1. The number of hydrogen-bond acceptors (Lipinski definition) is 6. The Morgan fingerprint density at radius 3 is 2.58 bits per heavy atom. The monoisotopic (exact) mass is 443 g/mol. The number of nitrogens with one attached hydrogen (secondary N) is 1. The van der Waals surface area contributed by atoms with Crippen LogP contribution in [0.3, 0.4) is 0 Å². The summed E-state index contributed by atoms with van der Waals surface area (Å²) in [4.78, 5) is 18.9. The number of fused-ring (bicyclic) bond motifs is 1. The Bertz CT molecular complexity index is 1120. The summed E-state index contributed by atoms with van der Waals surface area (Å²) in [5.41, 5.74) is 0.514. The highest BCUT2D eigenvalue weighted by Crippen LogP contribution is 2.25. The van der Waals surface area contributed by atoms with Gasteiger partial charge in [-0.25, -0.2) is 8.42 Å². The van der Waals surface area contributed by atoms with Crippen LogP contribution in [0.1, 0.15) is 26.3 Å². The van der Waals surface area contributed by atoms with E-state index in [0.717, 1.165) is 10.9 Å². The van der Waals surface area contributed by atoms with Gasteiger partial charge in [-0.2, -0.15) is 9.57 Å². The highest BCUT2D eigenvalue weighted by Gasteiger charge is 2.33. The minimum atomic E-state index is -3.70. The summed E-state index contributed by atoms with van der Waals surface area (Å²) in [6.07, 6.45) is 1.67. The second kappa shape index (κ2) is 8.91. The fourth-order valence-electron chi connectivity index (χ4n) is 3.55. The molecule has 1 saturated heterocycles. The second-order valence-electron chi connectivity index (χ2n) is 8.54. The Morgan fingerprint density at radius 1 is 1.29 bits per heavy atom. The largest absolute Gasteiger partial charge is 0.337 e. The lowest BCUT2D eigenvalue weighted by atomic mass is 9.90. The van der Waals surface area contributed by atoms with Crippen LogP contribution in [0.4, 0.5) is 0 Å². The van der Waals surface area contributed by atoms with Gasteiger partial charge in [0.2, 0.25) is 15.9 Å². The zero-order valence-electron chi connectivity index (χ0n) is 18.4. The molecule has 1 aromatic carbocycles. The minimum Gasteiger partial charge on any atom is -0.337 e. The van der Waals surface area contributed by atoms with Crippen molar-refractivity contribution in [1.82, 2.24) is 19.5 Å². The lowest BCUT2D eigenvalue weighted by molar-refractivity contribution is -0.124. The van der Waals surface area contributed by atoms with Gasteiger partial charge < -0.3 is 5.32 Å². The summed E-state index contributed by atoms with van der Waals surface area (Å²) >= 11 is 0. The predicted molar refractivity (Wildman–Crippen MR) is 119 cm³/mol. The van der Waals surface area contributed by atoms with Crippen molar-refractivity contribution in [2.45, 2.75) is 38.1 Å². The van der Waals surface area contributed by atoms with Crippen LogP contribution in [0.5, 0.6) is 0 Å². The molecule has 1 amide bonds. The number of sulfonamides is 1. The molecule has 0 aliphatic carbocycles. The summed E-state index contributed by atoms with van der Waals surface area (Å²) in [7, 11) is -3.70. The molecule has 8 nitrogen and oxygen atoms in total. The highest BCUT2D eigenvalue weighted by atomic mass is 32.2. The molecule has 3 rings (SSSR count). The van der Waals surface area contributed by atoms with E-state index in [0.29, 0.717) is 18.6 Å². The van der Waals surface area contributed by atoms with Gasteiger partial charge in [0.25, 0.3) is 0 Å². The third-order valence-electron chi connectivity index (χ3n) is 5.91. The molecule has 0 spiro atoms. The van der Waals surface area contributed by atoms with Gasteiger partial charge >= 0.3 is 0 Å². The van der Waals surface area contributed by atoms with Gasteiger partial charge in [-0.05, 0) is 37.5 Å². The molecule has 1 aromatic heterocycles. The average molecular weight is 444 g/mol. The second-order valence-corrected chi connectivity index (χ2v) is 10.4. The van der Waals surface area contributed by atoms with Crippen LogP contribution in [0.25, 0.3) is 10.9 Å². The topological polar surface area (TPSA) is 106 Å². The number of benzene rings is 1. The lowest BCUT2D eigenvalue weighted by Crippen LogP contribution is -2.55. The number of rotatable bonds is 6. The van der Waals surface area contributed by atoms with Crippen molar-refractivity contribution < 1.29 is 13.2 Å².